The average molecular weight is 574 g/mol. The summed E-state index contributed by atoms with van der Waals surface area (Å²) in [4.78, 5) is 23.8. The topological polar surface area (TPSA) is 88.1 Å². The molecule has 0 amide bonds. The molecule has 2 aromatic rings. The number of nitrogens with zero attached hydrogens (tertiary/aromatic N) is 3. The van der Waals surface area contributed by atoms with Crippen molar-refractivity contribution in [3.63, 3.8) is 0 Å². The van der Waals surface area contributed by atoms with Crippen LogP contribution in [0.25, 0.3) is 0 Å². The van der Waals surface area contributed by atoms with Crippen LogP contribution < -0.4 is 15.5 Å². The number of morpholine rings is 1. The number of carbonyl (C=O) groups excluding carboxylic acids is 1. The van der Waals surface area contributed by atoms with Crippen LogP contribution in [0.5, 0.6) is 0 Å². The van der Waals surface area contributed by atoms with Crippen molar-refractivity contribution in [3.8, 4) is 0 Å². The van der Waals surface area contributed by atoms with Crippen LogP contribution >= 0.6 is 35.3 Å². The Labute approximate surface area is 210 Å². The lowest BCUT2D eigenvalue weighted by atomic mass is 10.2. The van der Waals surface area contributed by atoms with Gasteiger partial charge in [-0.15, -0.1) is 35.3 Å². The molecule has 0 saturated carbocycles. The molecular weight excluding hydrogens is 541 g/mol. The number of aryl methyl sites for hydroxylation is 1. The molecule has 1 saturated heterocycles. The summed E-state index contributed by atoms with van der Waals surface area (Å²) in [7, 11) is 1.74. The molecule has 0 aliphatic carbocycles. The Hall–Kier alpha value is -1.92. The first-order valence-electron chi connectivity index (χ1n) is 10.5. The summed E-state index contributed by atoms with van der Waals surface area (Å²) in [6, 6.07) is 8.46. The van der Waals surface area contributed by atoms with Crippen molar-refractivity contribution in [1.29, 1.82) is 0 Å². The van der Waals surface area contributed by atoms with Crippen molar-refractivity contribution >= 4 is 52.9 Å². The fourth-order valence-corrected chi connectivity index (χ4v) is 4.24. The van der Waals surface area contributed by atoms with Gasteiger partial charge in [-0.3, -0.25) is 4.99 Å². The van der Waals surface area contributed by atoms with E-state index in [-0.39, 0.29) is 36.0 Å². The molecule has 3 rings (SSSR count). The number of carbonyl (C=O) groups is 1. The van der Waals surface area contributed by atoms with Gasteiger partial charge in [0.25, 0.3) is 0 Å². The van der Waals surface area contributed by atoms with Gasteiger partial charge in [0.1, 0.15) is 9.88 Å². The van der Waals surface area contributed by atoms with Gasteiger partial charge in [-0.05, 0) is 38.5 Å². The van der Waals surface area contributed by atoms with E-state index in [1.165, 1.54) is 22.6 Å². The molecular formula is C22H32IN5O3S. The number of aliphatic imine (C=N–C) groups is 1. The van der Waals surface area contributed by atoms with Gasteiger partial charge in [-0.25, -0.2) is 9.78 Å². The minimum absolute atomic E-state index is 0. The Morgan fingerprint density at radius 1 is 1.31 bits per heavy atom. The van der Waals surface area contributed by atoms with Crippen LogP contribution in [0.4, 0.5) is 5.69 Å². The predicted molar refractivity (Wildman–Crippen MR) is 139 cm³/mol. The van der Waals surface area contributed by atoms with E-state index in [4.69, 9.17) is 9.47 Å². The lowest BCUT2D eigenvalue weighted by Gasteiger charge is -2.29. The van der Waals surface area contributed by atoms with Crippen LogP contribution in [0.15, 0.2) is 29.3 Å². The molecule has 8 nitrogen and oxygen atoms in total. The highest BCUT2D eigenvalue weighted by Crippen LogP contribution is 2.24. The van der Waals surface area contributed by atoms with Crippen LogP contribution in [0.3, 0.4) is 0 Å². The van der Waals surface area contributed by atoms with E-state index < -0.39 is 0 Å². The molecule has 10 heteroatoms. The number of ether oxygens (including phenoxy) is 2. The van der Waals surface area contributed by atoms with E-state index in [1.807, 2.05) is 13.8 Å². The zero-order valence-corrected chi connectivity index (χ0v) is 22.2. The SMILES string of the molecule is CCOC(=O)c1sc(C(C)NC(=NC)NCc2ccc(N3CCOCC3)cc2)nc1C.I. The quantitative estimate of drug-likeness (QED) is 0.227. The molecule has 2 N–H and O–H groups in total. The van der Waals surface area contributed by atoms with Gasteiger partial charge in [0, 0.05) is 32.4 Å². The van der Waals surface area contributed by atoms with Crippen molar-refractivity contribution in [2.75, 3.05) is 44.9 Å². The molecule has 0 radical (unpaired) electrons. The number of guanidine groups is 1. The van der Waals surface area contributed by atoms with E-state index in [0.717, 1.165) is 31.3 Å². The maximum atomic E-state index is 12.0. The highest BCUT2D eigenvalue weighted by molar-refractivity contribution is 14.0. The first kappa shape index (κ1) is 26.3. The van der Waals surface area contributed by atoms with Gasteiger partial charge in [0.05, 0.1) is 31.6 Å². The molecule has 1 aliphatic rings. The Kier molecular flexibility index (Phi) is 10.7. The van der Waals surface area contributed by atoms with Crippen LogP contribution in [-0.2, 0) is 16.0 Å². The van der Waals surface area contributed by atoms with E-state index in [2.05, 4.69) is 49.8 Å². The second kappa shape index (κ2) is 12.9. The maximum absolute atomic E-state index is 12.0. The van der Waals surface area contributed by atoms with Crippen molar-refractivity contribution < 1.29 is 14.3 Å². The molecule has 32 heavy (non-hydrogen) atoms. The summed E-state index contributed by atoms with van der Waals surface area (Å²) in [5.74, 6) is 0.356. The van der Waals surface area contributed by atoms with Gasteiger partial charge < -0.3 is 25.0 Å². The third-order valence-electron chi connectivity index (χ3n) is 4.99. The van der Waals surface area contributed by atoms with E-state index in [9.17, 15) is 4.79 Å². The van der Waals surface area contributed by atoms with Crippen LogP contribution in [-0.4, -0.2) is 56.9 Å². The number of aromatic nitrogens is 1. The molecule has 1 atom stereocenters. The van der Waals surface area contributed by atoms with Gasteiger partial charge in [0.2, 0.25) is 0 Å². The van der Waals surface area contributed by atoms with Crippen LogP contribution in [0.2, 0.25) is 0 Å². The summed E-state index contributed by atoms with van der Waals surface area (Å²) in [5, 5.41) is 7.50. The fourth-order valence-electron chi connectivity index (χ4n) is 3.28. The van der Waals surface area contributed by atoms with E-state index in [1.54, 1.807) is 14.0 Å². The molecule has 1 fully saturated rings. The third kappa shape index (κ3) is 7.04. The Balaban J connectivity index is 0.00000363. The molecule has 1 unspecified atom stereocenters. The van der Waals surface area contributed by atoms with Gasteiger partial charge in [0.15, 0.2) is 5.96 Å². The van der Waals surface area contributed by atoms with Crippen molar-refractivity contribution in [2.24, 2.45) is 4.99 Å². The summed E-state index contributed by atoms with van der Waals surface area (Å²) in [6.07, 6.45) is 0. The third-order valence-corrected chi connectivity index (χ3v) is 6.31. The van der Waals surface area contributed by atoms with E-state index >= 15 is 0 Å². The molecule has 1 aliphatic heterocycles. The largest absolute Gasteiger partial charge is 0.462 e. The monoisotopic (exact) mass is 573 g/mol. The lowest BCUT2D eigenvalue weighted by molar-refractivity contribution is 0.0531. The molecule has 0 bridgehead atoms. The molecule has 176 valence electrons. The number of rotatable bonds is 7. The number of anilines is 1. The summed E-state index contributed by atoms with van der Waals surface area (Å²) < 4.78 is 10.5. The first-order chi connectivity index (χ1) is 15.0. The number of hydrogen-bond acceptors (Lipinski definition) is 7. The zero-order chi connectivity index (χ0) is 22.2. The average Bonchev–Trinajstić information content (AvgIpc) is 3.19. The lowest BCUT2D eigenvalue weighted by Crippen LogP contribution is -2.38. The maximum Gasteiger partial charge on any atom is 0.350 e. The number of benzene rings is 1. The predicted octanol–water partition coefficient (Wildman–Crippen LogP) is 3.51. The number of hydrogen-bond donors (Lipinski definition) is 2. The minimum Gasteiger partial charge on any atom is -0.462 e. The molecule has 1 aromatic heterocycles. The zero-order valence-electron chi connectivity index (χ0n) is 19.0. The summed E-state index contributed by atoms with van der Waals surface area (Å²) >= 11 is 1.35. The normalized spacial score (nSPS) is 15.0. The highest BCUT2D eigenvalue weighted by Gasteiger charge is 2.20. The second-order valence-corrected chi connectivity index (χ2v) is 8.28. The minimum atomic E-state index is -0.320. The molecule has 0 spiro atoms. The Morgan fingerprint density at radius 2 is 2.00 bits per heavy atom. The van der Waals surface area contributed by atoms with E-state index in [0.29, 0.717) is 29.7 Å². The van der Waals surface area contributed by atoms with Crippen molar-refractivity contribution in [3.05, 3.63) is 45.4 Å². The smallest absolute Gasteiger partial charge is 0.350 e. The van der Waals surface area contributed by atoms with Crippen molar-refractivity contribution in [2.45, 2.75) is 33.4 Å². The number of thiazole rings is 1. The molecule has 1 aromatic carbocycles. The van der Waals surface area contributed by atoms with Crippen LogP contribution in [0.1, 0.15) is 45.8 Å². The number of halogens is 1. The van der Waals surface area contributed by atoms with Gasteiger partial charge in [-0.1, -0.05) is 12.1 Å². The number of esters is 1. The standard InChI is InChI=1S/C22H31N5O3S.HI/c1-5-30-21(28)19-15(2)25-20(31-19)16(3)26-22(23-4)24-14-17-6-8-18(9-7-17)27-10-12-29-13-11-27;/h6-9,16H,5,10-14H2,1-4H3,(H2,23,24,26);1H. The highest BCUT2D eigenvalue weighted by atomic mass is 127. The Morgan fingerprint density at radius 3 is 2.62 bits per heavy atom. The number of nitrogens with one attached hydrogen (secondary N) is 2. The molecule has 2 heterocycles. The first-order valence-corrected chi connectivity index (χ1v) is 11.4. The van der Waals surface area contributed by atoms with Gasteiger partial charge in [-0.2, -0.15) is 0 Å². The van der Waals surface area contributed by atoms with Crippen LogP contribution in [0, 0.1) is 6.92 Å². The Bertz CT molecular complexity index is 897. The second-order valence-electron chi connectivity index (χ2n) is 7.24. The van der Waals surface area contributed by atoms with Gasteiger partial charge >= 0.3 is 5.97 Å². The fraction of sp³-hybridized carbons (Fsp3) is 0.500. The summed E-state index contributed by atoms with van der Waals surface area (Å²) in [6.45, 7) is 10.0. The van der Waals surface area contributed by atoms with Crippen molar-refractivity contribution in [1.82, 2.24) is 15.6 Å². The summed E-state index contributed by atoms with van der Waals surface area (Å²) in [5.41, 5.74) is 3.08.